The number of anilines is 1. The number of aromatic hydroxyl groups is 1. The lowest BCUT2D eigenvalue weighted by atomic mass is 9.95. The first-order valence-corrected chi connectivity index (χ1v) is 10.9. The second kappa shape index (κ2) is 8.60. The Kier molecular flexibility index (Phi) is 5.44. The van der Waals surface area contributed by atoms with Crippen LogP contribution in [0, 0.1) is 5.82 Å². The molecule has 1 saturated heterocycles. The molecule has 2 heterocycles. The van der Waals surface area contributed by atoms with Crippen molar-refractivity contribution in [1.82, 2.24) is 9.97 Å². The molecule has 1 unspecified atom stereocenters. The van der Waals surface area contributed by atoms with Crippen LogP contribution in [0.3, 0.4) is 0 Å². The average Bonchev–Trinajstić information content (AvgIpc) is 3.39. The van der Waals surface area contributed by atoms with Gasteiger partial charge in [0.25, 0.3) is 5.78 Å². The van der Waals surface area contributed by atoms with Crippen LogP contribution >= 0.6 is 0 Å². The van der Waals surface area contributed by atoms with Gasteiger partial charge in [0, 0.05) is 5.56 Å². The molecule has 0 saturated carbocycles. The van der Waals surface area contributed by atoms with Gasteiger partial charge in [-0.05, 0) is 61.0 Å². The fourth-order valence-corrected chi connectivity index (χ4v) is 4.15. The van der Waals surface area contributed by atoms with Crippen molar-refractivity contribution in [2.24, 2.45) is 0 Å². The molecule has 0 aliphatic carbocycles. The number of aliphatic hydroxyl groups is 1. The summed E-state index contributed by atoms with van der Waals surface area (Å²) in [7, 11) is 0. The molecule has 5 rings (SSSR count). The number of ketones is 1. The third kappa shape index (κ3) is 3.76. The molecular formula is C26H20FN3O5. The zero-order valence-corrected chi connectivity index (χ0v) is 18.5. The molecule has 0 bridgehead atoms. The average molecular weight is 473 g/mol. The number of para-hydroxylation sites is 2. The SMILES string of the molecule is CCOc1cc(C2/C(=C(\O)c3ccc(F)cc3)C(=O)C(=O)N2c2nc3ccccc3[nH]2)ccc1O. The van der Waals surface area contributed by atoms with E-state index in [1.807, 2.05) is 0 Å². The van der Waals surface area contributed by atoms with E-state index in [1.165, 1.54) is 35.2 Å². The summed E-state index contributed by atoms with van der Waals surface area (Å²) in [6.07, 6.45) is 0. The van der Waals surface area contributed by atoms with Crippen LogP contribution in [0.25, 0.3) is 16.8 Å². The summed E-state index contributed by atoms with van der Waals surface area (Å²) >= 11 is 0. The van der Waals surface area contributed by atoms with Crippen LogP contribution in [0.2, 0.25) is 0 Å². The third-order valence-corrected chi connectivity index (χ3v) is 5.77. The fraction of sp³-hybridized carbons (Fsp3) is 0.115. The van der Waals surface area contributed by atoms with Gasteiger partial charge in [0.15, 0.2) is 11.5 Å². The summed E-state index contributed by atoms with van der Waals surface area (Å²) < 4.78 is 19.0. The van der Waals surface area contributed by atoms with Gasteiger partial charge in [-0.3, -0.25) is 14.5 Å². The molecule has 1 fully saturated rings. The summed E-state index contributed by atoms with van der Waals surface area (Å²) in [6, 6.07) is 15.4. The van der Waals surface area contributed by atoms with Crippen LogP contribution in [0.5, 0.6) is 11.5 Å². The number of ether oxygens (including phenoxy) is 1. The molecule has 3 aromatic carbocycles. The number of rotatable bonds is 5. The van der Waals surface area contributed by atoms with Crippen molar-refractivity contribution in [3.63, 3.8) is 0 Å². The maximum atomic E-state index is 13.5. The van der Waals surface area contributed by atoms with Crippen molar-refractivity contribution in [3.05, 3.63) is 89.2 Å². The Morgan fingerprint density at radius 2 is 1.86 bits per heavy atom. The largest absolute Gasteiger partial charge is 0.507 e. The predicted octanol–water partition coefficient (Wildman–Crippen LogP) is 4.43. The highest BCUT2D eigenvalue weighted by Crippen LogP contribution is 2.43. The Morgan fingerprint density at radius 3 is 2.57 bits per heavy atom. The van der Waals surface area contributed by atoms with Crippen molar-refractivity contribution in [1.29, 1.82) is 0 Å². The number of halogens is 1. The monoisotopic (exact) mass is 473 g/mol. The number of hydrogen-bond acceptors (Lipinski definition) is 6. The summed E-state index contributed by atoms with van der Waals surface area (Å²) in [5.41, 5.74) is 1.61. The van der Waals surface area contributed by atoms with Gasteiger partial charge in [-0.1, -0.05) is 18.2 Å². The summed E-state index contributed by atoms with van der Waals surface area (Å²) in [5, 5.41) is 21.3. The zero-order chi connectivity index (χ0) is 24.7. The lowest BCUT2D eigenvalue weighted by Gasteiger charge is -2.23. The molecule has 1 aliphatic heterocycles. The maximum absolute atomic E-state index is 13.5. The number of amides is 1. The van der Waals surface area contributed by atoms with Gasteiger partial charge in [-0.2, -0.15) is 0 Å². The van der Waals surface area contributed by atoms with Crippen molar-refractivity contribution in [2.45, 2.75) is 13.0 Å². The Morgan fingerprint density at radius 1 is 1.11 bits per heavy atom. The molecule has 1 atom stereocenters. The molecule has 9 heteroatoms. The maximum Gasteiger partial charge on any atom is 0.302 e. The molecule has 8 nitrogen and oxygen atoms in total. The second-order valence-electron chi connectivity index (χ2n) is 7.91. The van der Waals surface area contributed by atoms with E-state index in [0.29, 0.717) is 16.6 Å². The lowest BCUT2D eigenvalue weighted by Crippen LogP contribution is -2.30. The number of hydrogen-bond donors (Lipinski definition) is 3. The number of H-pyrrole nitrogens is 1. The number of benzene rings is 3. The van der Waals surface area contributed by atoms with E-state index < -0.39 is 29.3 Å². The van der Waals surface area contributed by atoms with E-state index in [0.717, 1.165) is 12.1 Å². The van der Waals surface area contributed by atoms with E-state index in [4.69, 9.17) is 4.74 Å². The molecule has 1 amide bonds. The zero-order valence-electron chi connectivity index (χ0n) is 18.5. The van der Waals surface area contributed by atoms with Gasteiger partial charge < -0.3 is 19.9 Å². The van der Waals surface area contributed by atoms with Gasteiger partial charge in [0.05, 0.1) is 29.3 Å². The number of carbonyl (C=O) groups excluding carboxylic acids is 2. The number of phenols is 1. The van der Waals surface area contributed by atoms with Crippen LogP contribution in [0.1, 0.15) is 24.1 Å². The molecule has 176 valence electrons. The Hall–Kier alpha value is -4.66. The first-order chi connectivity index (χ1) is 16.9. The number of imidazole rings is 1. The normalized spacial score (nSPS) is 17.3. The smallest absolute Gasteiger partial charge is 0.302 e. The number of nitrogens with one attached hydrogen (secondary N) is 1. The second-order valence-corrected chi connectivity index (χ2v) is 7.91. The minimum atomic E-state index is -1.10. The van der Waals surface area contributed by atoms with E-state index in [2.05, 4.69) is 9.97 Å². The predicted molar refractivity (Wildman–Crippen MR) is 127 cm³/mol. The lowest BCUT2D eigenvalue weighted by molar-refractivity contribution is -0.132. The Labute approximate surface area is 198 Å². The van der Waals surface area contributed by atoms with E-state index >= 15 is 0 Å². The first kappa shape index (κ1) is 22.1. The van der Waals surface area contributed by atoms with Crippen molar-refractivity contribution in [2.75, 3.05) is 11.5 Å². The van der Waals surface area contributed by atoms with E-state index in [-0.39, 0.29) is 35.2 Å². The first-order valence-electron chi connectivity index (χ1n) is 10.9. The van der Waals surface area contributed by atoms with E-state index in [1.54, 1.807) is 31.2 Å². The summed E-state index contributed by atoms with van der Waals surface area (Å²) in [6.45, 7) is 2.03. The highest BCUT2D eigenvalue weighted by atomic mass is 19.1. The summed E-state index contributed by atoms with van der Waals surface area (Å²) in [4.78, 5) is 35.2. The number of carbonyl (C=O) groups is 2. The Balaban J connectivity index is 1.74. The molecule has 0 radical (unpaired) electrons. The Bertz CT molecular complexity index is 1460. The number of phenolic OH excluding ortho intramolecular Hbond substituents is 1. The molecule has 4 aromatic rings. The standard InChI is InChI=1S/C26H20FN3O5/c1-2-35-20-13-15(9-12-19(20)31)22-21(23(32)14-7-10-16(27)11-8-14)24(33)25(34)30(22)26-28-17-5-3-4-6-18(17)29-26/h3-13,22,31-32H,2H2,1H3,(H,28,29)/b23-21+. The van der Waals surface area contributed by atoms with Crippen molar-refractivity contribution >= 4 is 34.4 Å². The van der Waals surface area contributed by atoms with Crippen LogP contribution in [-0.2, 0) is 9.59 Å². The number of fused-ring (bicyclic) bond motifs is 1. The van der Waals surface area contributed by atoms with Gasteiger partial charge >= 0.3 is 5.91 Å². The van der Waals surface area contributed by atoms with Crippen molar-refractivity contribution in [3.8, 4) is 11.5 Å². The number of Topliss-reactive ketones (excluding diaryl/α,β-unsaturated/α-hetero) is 1. The van der Waals surface area contributed by atoms with Gasteiger partial charge in [0.1, 0.15) is 11.6 Å². The number of aliphatic hydroxyl groups excluding tert-OH is 1. The van der Waals surface area contributed by atoms with Gasteiger partial charge in [0.2, 0.25) is 5.95 Å². The topological polar surface area (TPSA) is 116 Å². The molecule has 1 aromatic heterocycles. The quantitative estimate of drug-likeness (QED) is 0.224. The van der Waals surface area contributed by atoms with Gasteiger partial charge in [-0.25, -0.2) is 9.37 Å². The highest BCUT2D eigenvalue weighted by molar-refractivity contribution is 6.51. The molecule has 0 spiro atoms. The van der Waals surface area contributed by atoms with E-state index in [9.17, 15) is 24.2 Å². The molecule has 1 aliphatic rings. The number of aromatic nitrogens is 2. The minimum Gasteiger partial charge on any atom is -0.507 e. The highest BCUT2D eigenvalue weighted by Gasteiger charge is 2.48. The van der Waals surface area contributed by atoms with Crippen LogP contribution in [0.15, 0.2) is 72.3 Å². The molecule has 3 N–H and O–H groups in total. The van der Waals surface area contributed by atoms with Gasteiger partial charge in [-0.15, -0.1) is 0 Å². The van der Waals surface area contributed by atoms with Crippen LogP contribution in [0.4, 0.5) is 10.3 Å². The van der Waals surface area contributed by atoms with Crippen LogP contribution in [-0.4, -0.2) is 38.5 Å². The number of aromatic amines is 1. The fourth-order valence-electron chi connectivity index (χ4n) is 4.15. The third-order valence-electron chi connectivity index (χ3n) is 5.77. The number of nitrogens with zero attached hydrogens (tertiary/aromatic N) is 2. The van der Waals surface area contributed by atoms with Crippen molar-refractivity contribution < 1.29 is 28.9 Å². The summed E-state index contributed by atoms with van der Waals surface area (Å²) in [5.74, 6) is -2.65. The van der Waals surface area contributed by atoms with Crippen LogP contribution < -0.4 is 9.64 Å². The minimum absolute atomic E-state index is 0.113. The molecule has 35 heavy (non-hydrogen) atoms. The molecular weight excluding hydrogens is 453 g/mol.